The summed E-state index contributed by atoms with van der Waals surface area (Å²) in [4.78, 5) is 17.5. The molecule has 0 saturated heterocycles. The Kier molecular flexibility index (Phi) is 3.43. The first-order valence-electron chi connectivity index (χ1n) is 3.15. The van der Waals surface area contributed by atoms with E-state index >= 15 is 0 Å². The molecule has 5 heteroatoms. The quantitative estimate of drug-likeness (QED) is 0.461. The van der Waals surface area contributed by atoms with Crippen LogP contribution in [0.15, 0.2) is 0 Å². The molecule has 0 aliphatic heterocycles. The van der Waals surface area contributed by atoms with E-state index in [0.29, 0.717) is 12.8 Å². The van der Waals surface area contributed by atoms with Crippen molar-refractivity contribution in [2.45, 2.75) is 31.2 Å². The van der Waals surface area contributed by atoms with E-state index in [0.717, 1.165) is 0 Å². The molecule has 0 aliphatic rings. The molecular formula is C5H13O3PS. The molecule has 0 aromatic carbocycles. The molecule has 0 aromatic rings. The first-order chi connectivity index (χ1) is 4.37. The highest BCUT2D eigenvalue weighted by Crippen LogP contribution is 2.56. The summed E-state index contributed by atoms with van der Waals surface area (Å²) in [6.07, 6.45) is 0.772. The summed E-state index contributed by atoms with van der Waals surface area (Å²) in [7, 11) is -4.02. The fourth-order valence-corrected chi connectivity index (χ4v) is 1.49. The zero-order chi connectivity index (χ0) is 8.41. The number of thiol groups is 1. The Morgan fingerprint density at radius 3 is 1.70 bits per heavy atom. The van der Waals surface area contributed by atoms with Crippen LogP contribution in [0.5, 0.6) is 0 Å². The van der Waals surface area contributed by atoms with E-state index < -0.39 is 12.1 Å². The van der Waals surface area contributed by atoms with Crippen LogP contribution in [0, 0.1) is 0 Å². The van der Waals surface area contributed by atoms with Crippen molar-refractivity contribution in [2.75, 3.05) is 0 Å². The first-order valence-corrected chi connectivity index (χ1v) is 5.21. The highest BCUT2D eigenvalue weighted by molar-refractivity contribution is 7.90. The lowest BCUT2D eigenvalue weighted by atomic mass is 10.2. The van der Waals surface area contributed by atoms with Crippen molar-refractivity contribution in [2.24, 2.45) is 0 Å². The van der Waals surface area contributed by atoms with Crippen molar-refractivity contribution in [1.82, 2.24) is 0 Å². The van der Waals surface area contributed by atoms with Crippen LogP contribution in [-0.2, 0) is 4.57 Å². The normalized spacial score (nSPS) is 13.7. The van der Waals surface area contributed by atoms with Crippen LogP contribution in [0.2, 0.25) is 0 Å². The third-order valence-electron chi connectivity index (χ3n) is 1.67. The minimum atomic E-state index is -4.02. The maximum atomic E-state index is 10.7. The van der Waals surface area contributed by atoms with Gasteiger partial charge in [0, 0.05) is 0 Å². The SMILES string of the molecule is CCC(S)(CC)P(=O)(O)O. The Morgan fingerprint density at radius 2 is 1.70 bits per heavy atom. The number of hydrogen-bond acceptors (Lipinski definition) is 2. The van der Waals surface area contributed by atoms with Crippen molar-refractivity contribution in [3.8, 4) is 0 Å². The zero-order valence-corrected chi connectivity index (χ0v) is 7.90. The lowest BCUT2D eigenvalue weighted by Gasteiger charge is -2.25. The monoisotopic (exact) mass is 184 g/mol. The predicted octanol–water partition coefficient (Wildman–Crippen LogP) is 1.61. The second kappa shape index (κ2) is 3.26. The second-order valence-corrected chi connectivity index (χ2v) is 5.39. The molecule has 0 radical (unpaired) electrons. The molecule has 0 amide bonds. The fourth-order valence-electron chi connectivity index (χ4n) is 0.662. The van der Waals surface area contributed by atoms with Gasteiger partial charge < -0.3 is 9.79 Å². The van der Waals surface area contributed by atoms with Gasteiger partial charge in [-0.05, 0) is 12.8 Å². The molecule has 0 bridgehead atoms. The van der Waals surface area contributed by atoms with Gasteiger partial charge in [0.05, 0.1) is 0 Å². The van der Waals surface area contributed by atoms with E-state index in [4.69, 9.17) is 9.79 Å². The van der Waals surface area contributed by atoms with Crippen molar-refractivity contribution < 1.29 is 14.4 Å². The minimum absolute atomic E-state index is 0.386. The topological polar surface area (TPSA) is 57.5 Å². The van der Waals surface area contributed by atoms with E-state index in [2.05, 4.69) is 12.6 Å². The van der Waals surface area contributed by atoms with E-state index in [1.165, 1.54) is 0 Å². The Bertz CT molecular complexity index is 149. The second-order valence-electron chi connectivity index (χ2n) is 2.23. The fraction of sp³-hybridized carbons (Fsp3) is 1.00. The molecule has 0 atom stereocenters. The predicted molar refractivity (Wildman–Crippen MR) is 44.3 cm³/mol. The van der Waals surface area contributed by atoms with Gasteiger partial charge >= 0.3 is 7.60 Å². The lowest BCUT2D eigenvalue weighted by Crippen LogP contribution is -2.18. The average molecular weight is 184 g/mol. The lowest BCUT2D eigenvalue weighted by molar-refractivity contribution is 0.347. The summed E-state index contributed by atoms with van der Waals surface area (Å²) < 4.78 is 9.62. The number of rotatable bonds is 3. The van der Waals surface area contributed by atoms with Crippen LogP contribution in [0.1, 0.15) is 26.7 Å². The molecule has 2 N–H and O–H groups in total. The van der Waals surface area contributed by atoms with Gasteiger partial charge in [-0.15, -0.1) is 0 Å². The van der Waals surface area contributed by atoms with Crippen molar-refractivity contribution in [1.29, 1.82) is 0 Å². The van der Waals surface area contributed by atoms with Gasteiger partial charge in [-0.1, -0.05) is 13.8 Å². The summed E-state index contributed by atoms with van der Waals surface area (Å²) in [6.45, 7) is 3.44. The van der Waals surface area contributed by atoms with Crippen LogP contribution >= 0.6 is 20.2 Å². The highest BCUT2D eigenvalue weighted by Gasteiger charge is 2.39. The smallest absolute Gasteiger partial charge is 0.323 e. The van der Waals surface area contributed by atoms with Gasteiger partial charge in [0.2, 0.25) is 0 Å². The van der Waals surface area contributed by atoms with Crippen LogP contribution in [0.3, 0.4) is 0 Å². The molecule has 3 nitrogen and oxygen atoms in total. The standard InChI is InChI=1S/C5H13O3PS/c1-3-5(10,4-2)9(6,7)8/h10H,3-4H2,1-2H3,(H2,6,7,8). The Hall–Kier alpha value is 0.500. The molecule has 0 saturated carbocycles. The molecule has 0 heterocycles. The van der Waals surface area contributed by atoms with Crippen LogP contribution in [-0.4, -0.2) is 14.3 Å². The largest absolute Gasteiger partial charge is 0.341 e. The molecular weight excluding hydrogens is 171 g/mol. The molecule has 0 unspecified atom stereocenters. The Labute approximate surface area is 66.4 Å². The maximum absolute atomic E-state index is 10.7. The zero-order valence-electron chi connectivity index (χ0n) is 6.11. The summed E-state index contributed by atoms with van der Waals surface area (Å²) in [5.74, 6) is 0. The van der Waals surface area contributed by atoms with Gasteiger partial charge in [-0.25, -0.2) is 0 Å². The number of hydrogen-bond donors (Lipinski definition) is 3. The van der Waals surface area contributed by atoms with E-state index in [9.17, 15) is 4.57 Å². The summed E-state index contributed by atoms with van der Waals surface area (Å²) in [5, 5.41) is 0. The van der Waals surface area contributed by atoms with Crippen LogP contribution in [0.4, 0.5) is 0 Å². The summed E-state index contributed by atoms with van der Waals surface area (Å²) >= 11 is 3.94. The van der Waals surface area contributed by atoms with Crippen molar-refractivity contribution in [3.63, 3.8) is 0 Å². The molecule has 0 rings (SSSR count). The summed E-state index contributed by atoms with van der Waals surface area (Å²) in [5.41, 5.74) is 0. The maximum Gasteiger partial charge on any atom is 0.341 e. The van der Waals surface area contributed by atoms with Crippen molar-refractivity contribution >= 4 is 20.2 Å². The molecule has 62 valence electrons. The third kappa shape index (κ3) is 1.99. The van der Waals surface area contributed by atoms with Gasteiger partial charge in [0.1, 0.15) is 4.49 Å². The van der Waals surface area contributed by atoms with Crippen molar-refractivity contribution in [3.05, 3.63) is 0 Å². The van der Waals surface area contributed by atoms with Gasteiger partial charge in [0.25, 0.3) is 0 Å². The third-order valence-corrected chi connectivity index (χ3v) is 4.81. The van der Waals surface area contributed by atoms with E-state index in [1.54, 1.807) is 13.8 Å². The molecule has 0 aliphatic carbocycles. The first kappa shape index (κ1) is 10.5. The minimum Gasteiger partial charge on any atom is -0.323 e. The van der Waals surface area contributed by atoms with Gasteiger partial charge in [-0.3, -0.25) is 4.57 Å². The van der Waals surface area contributed by atoms with Crippen LogP contribution in [0.25, 0.3) is 0 Å². The summed E-state index contributed by atoms with van der Waals surface area (Å²) in [6, 6.07) is 0. The molecule has 0 fully saturated rings. The Morgan fingerprint density at radius 1 is 1.40 bits per heavy atom. The molecule has 0 aromatic heterocycles. The molecule has 10 heavy (non-hydrogen) atoms. The van der Waals surface area contributed by atoms with E-state index in [-0.39, 0.29) is 0 Å². The van der Waals surface area contributed by atoms with Gasteiger partial charge in [0.15, 0.2) is 0 Å². The van der Waals surface area contributed by atoms with Crippen LogP contribution < -0.4 is 0 Å². The average Bonchev–Trinajstić information content (AvgIpc) is 1.84. The van der Waals surface area contributed by atoms with E-state index in [1.807, 2.05) is 0 Å². The molecule has 0 spiro atoms. The Balaban J connectivity index is 4.50. The highest BCUT2D eigenvalue weighted by atomic mass is 32.1. The van der Waals surface area contributed by atoms with Gasteiger partial charge in [-0.2, -0.15) is 12.6 Å².